The van der Waals surface area contributed by atoms with E-state index in [0.717, 1.165) is 32.5 Å². The van der Waals surface area contributed by atoms with E-state index < -0.39 is 6.61 Å². The summed E-state index contributed by atoms with van der Waals surface area (Å²) in [6.45, 7) is 0.818. The fraction of sp³-hybridized carbons (Fsp3) is 0.588. The fourth-order valence-electron chi connectivity index (χ4n) is 3.44. The number of rotatable bonds is 5. The number of hydrogen-bond acceptors (Lipinski definition) is 4. The second-order valence-corrected chi connectivity index (χ2v) is 6.28. The van der Waals surface area contributed by atoms with E-state index in [2.05, 4.69) is 15.0 Å². The van der Waals surface area contributed by atoms with Crippen LogP contribution in [0.15, 0.2) is 18.2 Å². The molecule has 0 saturated carbocycles. The first-order chi connectivity index (χ1) is 12.1. The number of fused-ring (bicyclic) bond motifs is 4. The van der Waals surface area contributed by atoms with Crippen LogP contribution in [-0.2, 0) is 6.54 Å². The fourth-order valence-corrected chi connectivity index (χ4v) is 3.44. The number of carbonyl (C=O) groups is 1. The zero-order chi connectivity index (χ0) is 17.8. The number of ether oxygens (including phenoxy) is 2. The van der Waals surface area contributed by atoms with Gasteiger partial charge >= 0.3 is 12.6 Å². The molecule has 1 aromatic rings. The highest BCUT2D eigenvalue weighted by atomic mass is 19.3. The van der Waals surface area contributed by atoms with Crippen molar-refractivity contribution in [1.29, 1.82) is 0 Å². The van der Waals surface area contributed by atoms with Gasteiger partial charge in [-0.05, 0) is 25.0 Å². The highest BCUT2D eigenvalue weighted by molar-refractivity contribution is 5.74. The summed E-state index contributed by atoms with van der Waals surface area (Å²) in [5, 5.41) is 2.83. The Morgan fingerprint density at radius 2 is 2.04 bits per heavy atom. The van der Waals surface area contributed by atoms with E-state index in [1.165, 1.54) is 13.2 Å². The summed E-state index contributed by atoms with van der Waals surface area (Å²) in [4.78, 5) is 16.8. The number of carbonyl (C=O) groups excluding carboxylic acids is 1. The van der Waals surface area contributed by atoms with Gasteiger partial charge in [-0.1, -0.05) is 0 Å². The maximum atomic E-state index is 12.6. The van der Waals surface area contributed by atoms with Crippen LogP contribution in [0.4, 0.5) is 13.6 Å². The molecule has 0 unspecified atom stereocenters. The molecule has 6 nitrogen and oxygen atoms in total. The van der Waals surface area contributed by atoms with Crippen molar-refractivity contribution in [3.63, 3.8) is 0 Å². The maximum Gasteiger partial charge on any atom is 0.387 e. The number of nitrogens with one attached hydrogen (secondary N) is 1. The number of benzene rings is 1. The molecule has 0 aliphatic carbocycles. The predicted molar refractivity (Wildman–Crippen MR) is 88.0 cm³/mol. The Balaban J connectivity index is 1.65. The van der Waals surface area contributed by atoms with Crippen molar-refractivity contribution in [3.05, 3.63) is 23.8 Å². The molecular formula is C17H23F2N3O3. The van der Waals surface area contributed by atoms with Gasteiger partial charge < -0.3 is 24.6 Å². The summed E-state index contributed by atoms with van der Waals surface area (Å²) < 4.78 is 34.8. The number of urea groups is 1. The molecule has 4 rings (SSSR count). The van der Waals surface area contributed by atoms with Crippen LogP contribution in [0, 0.1) is 0 Å². The number of piperidine rings is 1. The second kappa shape index (κ2) is 7.86. The zero-order valence-electron chi connectivity index (χ0n) is 14.2. The third-order valence-electron chi connectivity index (χ3n) is 4.84. The Bertz CT molecular complexity index is 607. The van der Waals surface area contributed by atoms with Crippen LogP contribution in [0.5, 0.6) is 11.5 Å². The molecule has 0 spiro atoms. The second-order valence-electron chi connectivity index (χ2n) is 6.28. The minimum atomic E-state index is -2.93. The number of nitrogens with zero attached hydrogens (tertiary/aromatic N) is 2. The molecule has 3 fully saturated rings. The van der Waals surface area contributed by atoms with Crippen molar-refractivity contribution >= 4 is 6.03 Å². The first-order valence-electron chi connectivity index (χ1n) is 8.45. The van der Waals surface area contributed by atoms with Crippen LogP contribution in [0.1, 0.15) is 18.4 Å². The lowest BCUT2D eigenvalue weighted by atomic mass is 10.1. The summed E-state index contributed by atoms with van der Waals surface area (Å²) in [6, 6.07) is 4.77. The molecule has 1 aromatic carbocycles. The van der Waals surface area contributed by atoms with Gasteiger partial charge in [0.25, 0.3) is 0 Å². The summed E-state index contributed by atoms with van der Waals surface area (Å²) in [5.41, 5.74) is 0.484. The summed E-state index contributed by atoms with van der Waals surface area (Å²) in [5.74, 6) is 0.432. The van der Waals surface area contributed by atoms with Crippen LogP contribution < -0.4 is 14.8 Å². The molecule has 8 heteroatoms. The smallest absolute Gasteiger partial charge is 0.387 e. The number of methoxy groups -OCH3 is 1. The molecule has 3 saturated heterocycles. The Kier molecular flexibility index (Phi) is 5.57. The first kappa shape index (κ1) is 17.7. The lowest BCUT2D eigenvalue weighted by Gasteiger charge is -2.31. The minimum absolute atomic E-state index is 0.0116. The topological polar surface area (TPSA) is 54.0 Å². The molecular weight excluding hydrogens is 332 g/mol. The van der Waals surface area contributed by atoms with Crippen molar-refractivity contribution in [1.82, 2.24) is 15.1 Å². The van der Waals surface area contributed by atoms with Crippen LogP contribution >= 0.6 is 0 Å². The SMILES string of the molecule is COc1ccc(CNC(=O)N2CCN3CCC2CC3)c(OC(F)F)c1. The normalized spacial score (nSPS) is 22.6. The van der Waals surface area contributed by atoms with Gasteiger partial charge in [-0.2, -0.15) is 8.78 Å². The third kappa shape index (κ3) is 4.31. The van der Waals surface area contributed by atoms with Gasteiger partial charge in [-0.15, -0.1) is 0 Å². The molecule has 0 aromatic heterocycles. The predicted octanol–water partition coefficient (Wildman–Crippen LogP) is 2.29. The highest BCUT2D eigenvalue weighted by Crippen LogP contribution is 2.27. The maximum absolute atomic E-state index is 12.6. The van der Waals surface area contributed by atoms with Gasteiger partial charge in [-0.3, -0.25) is 0 Å². The van der Waals surface area contributed by atoms with Crippen LogP contribution in [0.2, 0.25) is 0 Å². The summed E-state index contributed by atoms with van der Waals surface area (Å²) in [6.07, 6.45) is 1.96. The van der Waals surface area contributed by atoms with E-state index in [4.69, 9.17) is 4.74 Å². The van der Waals surface area contributed by atoms with Crippen molar-refractivity contribution in [2.24, 2.45) is 0 Å². The Morgan fingerprint density at radius 3 is 2.72 bits per heavy atom. The van der Waals surface area contributed by atoms with E-state index >= 15 is 0 Å². The molecule has 138 valence electrons. The number of halogens is 2. The standard InChI is InChI=1S/C17H23F2N3O3/c1-24-14-3-2-12(15(10-14)25-16(18)19)11-20-17(23)22-9-8-21-6-4-13(22)5-7-21/h2-3,10,13,16H,4-9,11H2,1H3,(H,20,23). The quantitative estimate of drug-likeness (QED) is 0.881. The number of hydrogen-bond donors (Lipinski definition) is 1. The van der Waals surface area contributed by atoms with Gasteiger partial charge in [0.15, 0.2) is 0 Å². The van der Waals surface area contributed by atoms with E-state index in [1.807, 2.05) is 4.90 Å². The van der Waals surface area contributed by atoms with Gasteiger partial charge in [0.1, 0.15) is 11.5 Å². The number of amides is 2. The van der Waals surface area contributed by atoms with Crippen molar-refractivity contribution < 1.29 is 23.0 Å². The summed E-state index contributed by atoms with van der Waals surface area (Å²) in [7, 11) is 1.45. The van der Waals surface area contributed by atoms with Crippen molar-refractivity contribution in [2.75, 3.05) is 33.3 Å². The highest BCUT2D eigenvalue weighted by Gasteiger charge is 2.31. The molecule has 3 aliphatic heterocycles. The first-order valence-corrected chi connectivity index (χ1v) is 8.45. The number of alkyl halides is 2. The van der Waals surface area contributed by atoms with Crippen molar-refractivity contribution in [2.45, 2.75) is 32.0 Å². The van der Waals surface area contributed by atoms with Gasteiger partial charge in [0.2, 0.25) is 0 Å². The molecule has 2 bridgehead atoms. The average molecular weight is 355 g/mol. The Labute approximate surface area is 145 Å². The van der Waals surface area contributed by atoms with Crippen LogP contribution in [0.3, 0.4) is 0 Å². The zero-order valence-corrected chi connectivity index (χ0v) is 14.2. The van der Waals surface area contributed by atoms with E-state index in [9.17, 15) is 13.6 Å². The van der Waals surface area contributed by atoms with Gasteiger partial charge in [0.05, 0.1) is 7.11 Å². The van der Waals surface area contributed by atoms with Gasteiger partial charge in [0, 0.05) is 50.4 Å². The molecule has 25 heavy (non-hydrogen) atoms. The molecule has 3 aliphatic rings. The molecule has 1 N–H and O–H groups in total. The summed E-state index contributed by atoms with van der Waals surface area (Å²) >= 11 is 0. The van der Waals surface area contributed by atoms with Crippen LogP contribution in [0.25, 0.3) is 0 Å². The molecule has 2 amide bonds. The Morgan fingerprint density at radius 1 is 1.28 bits per heavy atom. The van der Waals surface area contributed by atoms with E-state index in [1.54, 1.807) is 12.1 Å². The average Bonchev–Trinajstić information content (AvgIpc) is 2.93. The third-order valence-corrected chi connectivity index (χ3v) is 4.84. The molecule has 3 heterocycles. The minimum Gasteiger partial charge on any atom is -0.497 e. The van der Waals surface area contributed by atoms with Crippen LogP contribution in [-0.4, -0.2) is 61.8 Å². The van der Waals surface area contributed by atoms with Gasteiger partial charge in [-0.25, -0.2) is 4.79 Å². The largest absolute Gasteiger partial charge is 0.497 e. The molecule has 0 atom stereocenters. The van der Waals surface area contributed by atoms with E-state index in [0.29, 0.717) is 17.9 Å². The lowest BCUT2D eigenvalue weighted by Crippen LogP contribution is -2.46. The van der Waals surface area contributed by atoms with E-state index in [-0.39, 0.29) is 24.4 Å². The lowest BCUT2D eigenvalue weighted by molar-refractivity contribution is -0.0505. The monoisotopic (exact) mass is 355 g/mol. The van der Waals surface area contributed by atoms with Crippen molar-refractivity contribution in [3.8, 4) is 11.5 Å². The Hall–Kier alpha value is -2.09. The molecule has 0 radical (unpaired) electrons.